The van der Waals surface area contributed by atoms with Gasteiger partial charge < -0.3 is 4.42 Å². The Hall–Kier alpha value is -1.82. The van der Waals surface area contributed by atoms with E-state index in [2.05, 4.69) is 15.5 Å². The van der Waals surface area contributed by atoms with Gasteiger partial charge in [0, 0.05) is 6.21 Å². The van der Waals surface area contributed by atoms with Crippen molar-refractivity contribution >= 4 is 35.0 Å². The average Bonchev–Trinajstić information content (AvgIpc) is 2.78. The van der Waals surface area contributed by atoms with Crippen molar-refractivity contribution in [1.82, 2.24) is 10.4 Å². The largest absolute Gasteiger partial charge is 0.431 e. The SMILES string of the molecule is CC(C)/C=N/NC(=O)CSc1nc2ccccc2o1. The minimum Gasteiger partial charge on any atom is -0.431 e. The number of nitrogens with zero attached hydrogens (tertiary/aromatic N) is 2. The van der Waals surface area contributed by atoms with Gasteiger partial charge in [0.2, 0.25) is 0 Å². The first-order valence-electron chi connectivity index (χ1n) is 5.95. The van der Waals surface area contributed by atoms with Crippen molar-refractivity contribution in [3.05, 3.63) is 24.3 Å². The van der Waals surface area contributed by atoms with Crippen LogP contribution in [0.2, 0.25) is 0 Å². The van der Waals surface area contributed by atoms with Crippen LogP contribution in [0.5, 0.6) is 0 Å². The van der Waals surface area contributed by atoms with Crippen LogP contribution < -0.4 is 5.43 Å². The highest BCUT2D eigenvalue weighted by atomic mass is 32.2. The second-order valence-electron chi connectivity index (χ2n) is 4.29. The van der Waals surface area contributed by atoms with Crippen molar-refractivity contribution in [3.63, 3.8) is 0 Å². The van der Waals surface area contributed by atoms with E-state index in [1.807, 2.05) is 38.1 Å². The molecular formula is C13H15N3O2S. The molecule has 0 unspecified atom stereocenters. The topological polar surface area (TPSA) is 67.5 Å². The third-order valence-electron chi connectivity index (χ3n) is 2.16. The maximum Gasteiger partial charge on any atom is 0.257 e. The Labute approximate surface area is 115 Å². The van der Waals surface area contributed by atoms with Gasteiger partial charge in [-0.3, -0.25) is 4.79 Å². The van der Waals surface area contributed by atoms with E-state index < -0.39 is 0 Å². The van der Waals surface area contributed by atoms with Crippen LogP contribution in [0.4, 0.5) is 0 Å². The Bertz CT molecular complexity index is 559. The molecule has 1 heterocycles. The number of carbonyl (C=O) groups is 1. The van der Waals surface area contributed by atoms with Crippen LogP contribution in [0.15, 0.2) is 39.0 Å². The molecular weight excluding hydrogens is 262 g/mol. The molecule has 0 aliphatic heterocycles. The van der Waals surface area contributed by atoms with Crippen LogP contribution in [0.1, 0.15) is 13.8 Å². The summed E-state index contributed by atoms with van der Waals surface area (Å²) in [5.41, 5.74) is 3.98. The van der Waals surface area contributed by atoms with Crippen molar-refractivity contribution in [2.45, 2.75) is 19.1 Å². The summed E-state index contributed by atoms with van der Waals surface area (Å²) < 4.78 is 5.49. The molecule has 0 aliphatic rings. The molecule has 2 rings (SSSR count). The fourth-order valence-corrected chi connectivity index (χ4v) is 1.96. The Morgan fingerprint density at radius 1 is 1.53 bits per heavy atom. The number of hydrogen-bond donors (Lipinski definition) is 1. The standard InChI is InChI=1S/C13H15N3O2S/c1-9(2)7-14-16-12(17)8-19-13-15-10-5-3-4-6-11(10)18-13/h3-7,9H,8H2,1-2H3,(H,16,17)/b14-7+. The van der Waals surface area contributed by atoms with Crippen LogP contribution >= 0.6 is 11.8 Å². The van der Waals surface area contributed by atoms with Crippen molar-refractivity contribution in [1.29, 1.82) is 0 Å². The van der Waals surface area contributed by atoms with Gasteiger partial charge in [0.1, 0.15) is 5.52 Å². The highest BCUT2D eigenvalue weighted by Gasteiger charge is 2.08. The summed E-state index contributed by atoms with van der Waals surface area (Å²) in [7, 11) is 0. The molecule has 1 amide bonds. The fourth-order valence-electron chi connectivity index (χ4n) is 1.33. The number of rotatable bonds is 5. The number of nitrogens with one attached hydrogen (secondary N) is 1. The molecule has 0 atom stereocenters. The predicted molar refractivity (Wildman–Crippen MR) is 76.2 cm³/mol. The third-order valence-corrected chi connectivity index (χ3v) is 2.99. The number of oxazole rings is 1. The molecule has 0 bridgehead atoms. The lowest BCUT2D eigenvalue weighted by molar-refractivity contribution is -0.118. The molecule has 100 valence electrons. The van der Waals surface area contributed by atoms with Crippen molar-refractivity contribution in [2.75, 3.05) is 5.75 Å². The van der Waals surface area contributed by atoms with E-state index >= 15 is 0 Å². The molecule has 0 aliphatic carbocycles. The van der Waals surface area contributed by atoms with Crippen molar-refractivity contribution in [2.24, 2.45) is 11.0 Å². The summed E-state index contributed by atoms with van der Waals surface area (Å²) in [5.74, 6) is 0.358. The smallest absolute Gasteiger partial charge is 0.257 e. The molecule has 0 saturated heterocycles. The van der Waals surface area contributed by atoms with Gasteiger partial charge in [-0.1, -0.05) is 37.7 Å². The van der Waals surface area contributed by atoms with Gasteiger partial charge in [-0.05, 0) is 18.1 Å². The average molecular weight is 277 g/mol. The number of para-hydroxylation sites is 2. The third kappa shape index (κ3) is 4.10. The molecule has 1 aromatic carbocycles. The number of amides is 1. The summed E-state index contributed by atoms with van der Waals surface area (Å²) >= 11 is 1.25. The summed E-state index contributed by atoms with van der Waals surface area (Å²) in [6, 6.07) is 7.50. The first-order valence-corrected chi connectivity index (χ1v) is 6.94. The monoisotopic (exact) mass is 277 g/mol. The summed E-state index contributed by atoms with van der Waals surface area (Å²) in [4.78, 5) is 15.8. The van der Waals surface area contributed by atoms with E-state index in [9.17, 15) is 4.79 Å². The van der Waals surface area contributed by atoms with E-state index in [1.54, 1.807) is 6.21 Å². The molecule has 6 heteroatoms. The first-order chi connectivity index (χ1) is 9.15. The van der Waals surface area contributed by atoms with Crippen LogP contribution in [-0.2, 0) is 4.79 Å². The molecule has 2 aromatic rings. The van der Waals surface area contributed by atoms with Gasteiger partial charge in [0.25, 0.3) is 11.1 Å². The predicted octanol–water partition coefficient (Wildman–Crippen LogP) is 2.68. The van der Waals surface area contributed by atoms with E-state index in [0.29, 0.717) is 11.1 Å². The van der Waals surface area contributed by atoms with Gasteiger partial charge in [0.05, 0.1) is 5.75 Å². The Morgan fingerprint density at radius 3 is 3.05 bits per heavy atom. The number of hydrazone groups is 1. The molecule has 0 saturated carbocycles. The van der Waals surface area contributed by atoms with Crippen LogP contribution in [0.3, 0.4) is 0 Å². The zero-order valence-electron chi connectivity index (χ0n) is 10.8. The molecule has 19 heavy (non-hydrogen) atoms. The second-order valence-corrected chi connectivity index (χ2v) is 5.22. The number of thioether (sulfide) groups is 1. The number of carbonyl (C=O) groups excluding carboxylic acids is 1. The molecule has 0 fully saturated rings. The Morgan fingerprint density at radius 2 is 2.32 bits per heavy atom. The molecule has 0 radical (unpaired) electrons. The van der Waals surface area contributed by atoms with Crippen molar-refractivity contribution in [3.8, 4) is 0 Å². The highest BCUT2D eigenvalue weighted by Crippen LogP contribution is 2.22. The van der Waals surface area contributed by atoms with Gasteiger partial charge in [-0.15, -0.1) is 0 Å². The fraction of sp³-hybridized carbons (Fsp3) is 0.308. The summed E-state index contributed by atoms with van der Waals surface area (Å²) in [5, 5.41) is 4.33. The Kier molecular flexibility index (Phi) is 4.57. The zero-order chi connectivity index (χ0) is 13.7. The van der Waals surface area contributed by atoms with Gasteiger partial charge in [-0.25, -0.2) is 10.4 Å². The van der Waals surface area contributed by atoms with Gasteiger partial charge in [0.15, 0.2) is 5.58 Å². The Balaban J connectivity index is 1.86. The van der Waals surface area contributed by atoms with E-state index in [0.717, 1.165) is 11.1 Å². The van der Waals surface area contributed by atoms with E-state index in [-0.39, 0.29) is 11.7 Å². The van der Waals surface area contributed by atoms with Gasteiger partial charge in [-0.2, -0.15) is 5.10 Å². The lowest BCUT2D eigenvalue weighted by Crippen LogP contribution is -2.19. The van der Waals surface area contributed by atoms with Crippen LogP contribution in [-0.4, -0.2) is 22.9 Å². The van der Waals surface area contributed by atoms with E-state index in [1.165, 1.54) is 11.8 Å². The quantitative estimate of drug-likeness (QED) is 0.518. The lowest BCUT2D eigenvalue weighted by atomic mass is 10.3. The number of fused-ring (bicyclic) bond motifs is 1. The maximum atomic E-state index is 11.5. The number of aromatic nitrogens is 1. The molecule has 1 aromatic heterocycles. The van der Waals surface area contributed by atoms with Crippen molar-refractivity contribution < 1.29 is 9.21 Å². The maximum absolute atomic E-state index is 11.5. The number of benzene rings is 1. The lowest BCUT2D eigenvalue weighted by Gasteiger charge is -1.97. The highest BCUT2D eigenvalue weighted by molar-refractivity contribution is 7.99. The van der Waals surface area contributed by atoms with Crippen LogP contribution in [0.25, 0.3) is 11.1 Å². The minimum absolute atomic E-state index is 0.177. The number of hydrogen-bond acceptors (Lipinski definition) is 5. The molecule has 0 spiro atoms. The second kappa shape index (κ2) is 6.38. The summed E-state index contributed by atoms with van der Waals surface area (Å²) in [6.45, 7) is 3.98. The molecule has 1 N–H and O–H groups in total. The van der Waals surface area contributed by atoms with Gasteiger partial charge >= 0.3 is 0 Å². The normalized spacial score (nSPS) is 11.5. The van der Waals surface area contributed by atoms with E-state index in [4.69, 9.17) is 4.42 Å². The first kappa shape index (κ1) is 13.6. The summed E-state index contributed by atoms with van der Waals surface area (Å²) in [6.07, 6.45) is 1.68. The molecule has 5 nitrogen and oxygen atoms in total. The minimum atomic E-state index is -0.177. The van der Waals surface area contributed by atoms with Crippen LogP contribution in [0, 0.1) is 5.92 Å². The zero-order valence-corrected chi connectivity index (χ0v) is 11.6.